The fourth-order valence-corrected chi connectivity index (χ4v) is 5.23. The molecule has 1 aliphatic rings. The van der Waals surface area contributed by atoms with E-state index >= 15 is 0 Å². The fraction of sp³-hybridized carbons (Fsp3) is 0.462. The van der Waals surface area contributed by atoms with E-state index in [9.17, 15) is 26.2 Å². The van der Waals surface area contributed by atoms with E-state index in [1.165, 1.54) is 24.0 Å². The summed E-state index contributed by atoms with van der Waals surface area (Å²) >= 11 is 1.28. The molecule has 1 aromatic heterocycles. The molecule has 1 aromatic carbocycles. The lowest BCUT2D eigenvalue weighted by Crippen LogP contribution is -2.49. The number of alkyl halides is 4. The Labute approximate surface area is 237 Å². The quantitative estimate of drug-likeness (QED) is 0.184. The highest BCUT2D eigenvalue weighted by molar-refractivity contribution is 8.11. The fourth-order valence-electron chi connectivity index (χ4n) is 3.86. The van der Waals surface area contributed by atoms with Gasteiger partial charge in [0.1, 0.15) is 11.5 Å². The van der Waals surface area contributed by atoms with Gasteiger partial charge in [-0.25, -0.2) is 27.3 Å². The number of anilines is 2. The third-order valence-corrected chi connectivity index (χ3v) is 7.67. The maximum absolute atomic E-state index is 14.8. The summed E-state index contributed by atoms with van der Waals surface area (Å²) in [4.78, 5) is 10.0. The highest BCUT2D eigenvalue weighted by Crippen LogP contribution is 2.40. The van der Waals surface area contributed by atoms with Gasteiger partial charge in [0.25, 0.3) is 5.92 Å². The monoisotopic (exact) mass is 605 g/mol. The first kappa shape index (κ1) is 31.8. The van der Waals surface area contributed by atoms with Crippen LogP contribution < -0.4 is 20.1 Å². The number of hydrogen-bond acceptors (Lipinski definition) is 7. The number of rotatable bonds is 12. The lowest BCUT2D eigenvalue weighted by atomic mass is 10.0. The van der Waals surface area contributed by atoms with Gasteiger partial charge in [-0.05, 0) is 42.9 Å². The van der Waals surface area contributed by atoms with E-state index in [0.29, 0.717) is 39.8 Å². The zero-order valence-electron chi connectivity index (χ0n) is 22.5. The Bertz CT molecular complexity index is 1280. The van der Waals surface area contributed by atoms with Gasteiger partial charge in [0.15, 0.2) is 16.8 Å². The molecule has 7 nitrogen and oxygen atoms in total. The third-order valence-electron chi connectivity index (χ3n) is 5.96. The molecule has 0 amide bonds. The van der Waals surface area contributed by atoms with Crippen LogP contribution in [0, 0.1) is 18.7 Å². The maximum atomic E-state index is 14.8. The number of thioether (sulfide) groups is 1. The largest absolute Gasteiger partial charge is 0.460 e. The van der Waals surface area contributed by atoms with E-state index in [2.05, 4.69) is 27.2 Å². The van der Waals surface area contributed by atoms with Gasteiger partial charge in [-0.15, -0.1) is 0 Å². The van der Waals surface area contributed by atoms with Gasteiger partial charge in [-0.3, -0.25) is 4.72 Å². The Kier molecular flexibility index (Phi) is 11.0. The van der Waals surface area contributed by atoms with Crippen molar-refractivity contribution in [2.75, 3.05) is 23.1 Å². The zero-order valence-corrected chi connectivity index (χ0v) is 24.1. The summed E-state index contributed by atoms with van der Waals surface area (Å²) in [7, 11) is -2.77. The molecule has 0 radical (unpaired) electrons. The summed E-state index contributed by atoms with van der Waals surface area (Å²) in [5, 5.41) is 5.67. The van der Waals surface area contributed by atoms with Gasteiger partial charge in [-0.1, -0.05) is 32.2 Å². The van der Waals surface area contributed by atoms with Crippen molar-refractivity contribution in [2.24, 2.45) is 5.92 Å². The molecule has 2 aromatic rings. The van der Waals surface area contributed by atoms with Crippen LogP contribution in [0.5, 0.6) is 5.75 Å². The molecule has 0 aliphatic carbocycles. The molecule has 220 valence electrons. The van der Waals surface area contributed by atoms with Crippen molar-refractivity contribution in [3.05, 3.63) is 58.7 Å². The lowest BCUT2D eigenvalue weighted by Gasteiger charge is -2.30. The Morgan fingerprint density at radius 2 is 2.10 bits per heavy atom. The van der Waals surface area contributed by atoms with Gasteiger partial charge in [0, 0.05) is 37.2 Å². The second-order valence-corrected chi connectivity index (χ2v) is 11.9. The SMILES string of the molecule is C=C(C)S/C(=C(/Oc1cc(F)c(NS(=O)C(F)F)cc1C)C(C)CC)c1ccnc(NC2CNCC(F)(F)C2)n1. The van der Waals surface area contributed by atoms with Crippen LogP contribution in [0.3, 0.4) is 0 Å². The Hall–Kier alpha value is -2.71. The van der Waals surface area contributed by atoms with Crippen LogP contribution in [-0.2, 0) is 11.0 Å². The molecule has 3 rings (SSSR count). The van der Waals surface area contributed by atoms with Crippen molar-refractivity contribution in [1.29, 1.82) is 0 Å². The number of piperidine rings is 1. The molecule has 0 saturated carbocycles. The number of nitrogens with zero attached hydrogens (tertiary/aromatic N) is 2. The predicted molar refractivity (Wildman–Crippen MR) is 150 cm³/mol. The van der Waals surface area contributed by atoms with Gasteiger partial charge in [0.05, 0.1) is 22.8 Å². The highest BCUT2D eigenvalue weighted by atomic mass is 32.2. The number of halogens is 5. The number of aromatic nitrogens is 2. The van der Waals surface area contributed by atoms with Crippen molar-refractivity contribution < 1.29 is 30.9 Å². The van der Waals surface area contributed by atoms with Crippen molar-refractivity contribution in [3.8, 4) is 5.75 Å². The number of benzene rings is 1. The van der Waals surface area contributed by atoms with Gasteiger partial charge >= 0.3 is 5.76 Å². The van der Waals surface area contributed by atoms with Crippen LogP contribution in [0.1, 0.15) is 44.9 Å². The van der Waals surface area contributed by atoms with E-state index in [0.717, 1.165) is 6.07 Å². The average molecular weight is 606 g/mol. The van der Waals surface area contributed by atoms with Crippen LogP contribution >= 0.6 is 11.8 Å². The molecular formula is C26H32F5N5O2S2. The zero-order chi connectivity index (χ0) is 29.6. The molecule has 0 bridgehead atoms. The Morgan fingerprint density at radius 3 is 2.73 bits per heavy atom. The summed E-state index contributed by atoms with van der Waals surface area (Å²) in [5.41, 5.74) is 0.509. The molecule has 3 atom stereocenters. The van der Waals surface area contributed by atoms with Crippen LogP contribution in [0.4, 0.5) is 33.6 Å². The summed E-state index contributed by atoms with van der Waals surface area (Å²) in [6, 6.07) is 3.35. The first-order valence-corrected chi connectivity index (χ1v) is 14.5. The maximum Gasteiger partial charge on any atom is 0.330 e. The second kappa shape index (κ2) is 13.8. The molecule has 1 saturated heterocycles. The molecule has 1 aliphatic heterocycles. The molecule has 3 N–H and O–H groups in total. The minimum Gasteiger partial charge on any atom is -0.460 e. The topological polar surface area (TPSA) is 88.2 Å². The Balaban J connectivity index is 2.01. The standard InChI is InChI=1S/C26H32F5N5O2S2/c1-6-15(4)22(38-21-10-18(27)20(9-16(21)5)36-40(37)24(28)29)23(39-14(2)3)19-7-8-33-25(35-19)34-17-11-26(30,31)13-32-12-17/h7-10,15,17,24,32,36H,2,6,11-13H2,1,3-5H3,(H,33,34,35)/b23-22+. The van der Waals surface area contributed by atoms with Crippen molar-refractivity contribution in [1.82, 2.24) is 15.3 Å². The molecule has 3 unspecified atom stereocenters. The van der Waals surface area contributed by atoms with Crippen molar-refractivity contribution in [3.63, 3.8) is 0 Å². The van der Waals surface area contributed by atoms with E-state index in [1.807, 2.05) is 18.6 Å². The van der Waals surface area contributed by atoms with Gasteiger partial charge in [-0.2, -0.15) is 8.78 Å². The first-order chi connectivity index (χ1) is 18.8. The van der Waals surface area contributed by atoms with Crippen molar-refractivity contribution in [2.45, 2.75) is 58.3 Å². The van der Waals surface area contributed by atoms with E-state index in [4.69, 9.17) is 4.74 Å². The predicted octanol–water partition coefficient (Wildman–Crippen LogP) is 6.69. The lowest BCUT2D eigenvalue weighted by molar-refractivity contribution is -0.0244. The number of nitrogens with one attached hydrogen (secondary N) is 3. The van der Waals surface area contributed by atoms with Crippen molar-refractivity contribution >= 4 is 39.3 Å². The van der Waals surface area contributed by atoms with Crippen LogP contribution in [0.15, 0.2) is 41.6 Å². The highest BCUT2D eigenvalue weighted by Gasteiger charge is 2.36. The minimum absolute atomic E-state index is 0.129. The van der Waals surface area contributed by atoms with Gasteiger partial charge < -0.3 is 15.4 Å². The van der Waals surface area contributed by atoms with E-state index < -0.39 is 34.5 Å². The van der Waals surface area contributed by atoms with E-state index in [1.54, 1.807) is 19.9 Å². The third kappa shape index (κ3) is 8.64. The number of ether oxygens (including phenoxy) is 1. The second-order valence-electron chi connectivity index (χ2n) is 9.46. The molecule has 0 spiro atoms. The molecule has 40 heavy (non-hydrogen) atoms. The number of allylic oxidation sites excluding steroid dienone is 2. The molecule has 1 fully saturated rings. The van der Waals surface area contributed by atoms with Gasteiger partial charge in [0.2, 0.25) is 5.95 Å². The number of aryl methyl sites for hydroxylation is 1. The summed E-state index contributed by atoms with van der Waals surface area (Å²) < 4.78 is 87.7. The smallest absolute Gasteiger partial charge is 0.330 e. The van der Waals surface area contributed by atoms with Crippen LogP contribution in [0.2, 0.25) is 0 Å². The first-order valence-electron chi connectivity index (χ1n) is 12.5. The minimum atomic E-state index is -3.18. The molecule has 2 heterocycles. The average Bonchev–Trinajstić information content (AvgIpc) is 2.87. The number of hydrogen-bond donors (Lipinski definition) is 3. The summed E-state index contributed by atoms with van der Waals surface area (Å²) in [5.74, 6) is -6.39. The molecule has 14 heteroatoms. The Morgan fingerprint density at radius 1 is 1.38 bits per heavy atom. The van der Waals surface area contributed by atoms with Crippen LogP contribution in [-0.4, -0.2) is 45.0 Å². The normalized spacial score (nSPS) is 19.0. The van der Waals surface area contributed by atoms with Crippen LogP contribution in [0.25, 0.3) is 4.91 Å². The summed E-state index contributed by atoms with van der Waals surface area (Å²) in [6.07, 6.45) is 1.78. The van der Waals surface area contributed by atoms with E-state index in [-0.39, 0.29) is 36.3 Å². The summed E-state index contributed by atoms with van der Waals surface area (Å²) in [6.45, 7) is 11.2. The molecular weight excluding hydrogens is 573 g/mol.